The number of rotatable bonds is 4. The zero-order chi connectivity index (χ0) is 36.0. The van der Waals surface area contributed by atoms with E-state index in [0.717, 1.165) is 11.1 Å². The number of sulfone groups is 1. The van der Waals surface area contributed by atoms with E-state index in [2.05, 4.69) is 11.9 Å². The van der Waals surface area contributed by atoms with Gasteiger partial charge in [0.1, 0.15) is 16.6 Å². The van der Waals surface area contributed by atoms with E-state index in [4.69, 9.17) is 4.98 Å². The number of aryl methyl sites for hydroxylation is 1. The van der Waals surface area contributed by atoms with Crippen molar-refractivity contribution in [1.29, 1.82) is 0 Å². The van der Waals surface area contributed by atoms with E-state index in [9.17, 15) is 22.5 Å². The van der Waals surface area contributed by atoms with Crippen LogP contribution >= 0.6 is 11.3 Å². The van der Waals surface area contributed by atoms with Crippen LogP contribution in [0.5, 0.6) is 0 Å². The van der Waals surface area contributed by atoms with Gasteiger partial charge < -0.3 is 10.1 Å². The van der Waals surface area contributed by atoms with Gasteiger partial charge in [-0.3, -0.25) is 4.79 Å². The van der Waals surface area contributed by atoms with Gasteiger partial charge in [-0.2, -0.15) is 0 Å². The number of carboxylic acid groups (broad SMARTS) is 1. The molecule has 0 amide bonds. The van der Waals surface area contributed by atoms with Crippen LogP contribution in [0, 0.1) is 23.0 Å². The largest absolute Gasteiger partial charge is 0.481 e. The van der Waals surface area contributed by atoms with Crippen LogP contribution in [0.1, 0.15) is 69.3 Å². The summed E-state index contributed by atoms with van der Waals surface area (Å²) in [4.78, 5) is 19.6. The summed E-state index contributed by atoms with van der Waals surface area (Å²) in [6, 6.07) is 14.8. The van der Waals surface area contributed by atoms with Gasteiger partial charge in [0.2, 0.25) is 0 Å². The van der Waals surface area contributed by atoms with Crippen LogP contribution in [0.15, 0.2) is 76.0 Å². The van der Waals surface area contributed by atoms with Gasteiger partial charge in [-0.25, -0.2) is 26.4 Å². The van der Waals surface area contributed by atoms with Crippen LogP contribution < -0.4 is 0 Å². The van der Waals surface area contributed by atoms with E-state index in [-0.39, 0.29) is 33.3 Å². The summed E-state index contributed by atoms with van der Waals surface area (Å²) in [6.07, 6.45) is 3.78. The molecule has 5 aromatic rings. The lowest BCUT2D eigenvalue weighted by atomic mass is 9.74. The quantitative estimate of drug-likeness (QED) is 0.191. The predicted octanol–water partition coefficient (Wildman–Crippen LogP) is 8.47. The number of hydrogen-bond acceptors (Lipinski definition) is 6. The van der Waals surface area contributed by atoms with Crippen LogP contribution in [0.25, 0.3) is 21.5 Å². The molecule has 0 spiro atoms. The molecule has 0 radical (unpaired) electrons. The number of nitrogens with zero attached hydrogens (tertiary/aromatic N) is 1. The zero-order valence-corrected chi connectivity index (χ0v) is 30.8. The number of aromatic nitrogens is 2. The Bertz CT molecular complexity index is 2230. The molecule has 1 aliphatic rings. The Kier molecular flexibility index (Phi) is 9.93. The number of carbonyl (C=O) groups is 1. The maximum Gasteiger partial charge on any atom is 0.306 e. The van der Waals surface area contributed by atoms with Crippen molar-refractivity contribution in [3.63, 3.8) is 0 Å². The minimum Gasteiger partial charge on any atom is -0.481 e. The first-order valence-corrected chi connectivity index (χ1v) is 20.4. The molecule has 0 saturated carbocycles. The molecule has 0 aliphatic carbocycles. The summed E-state index contributed by atoms with van der Waals surface area (Å²) in [5.74, 6) is -3.09. The van der Waals surface area contributed by atoms with Gasteiger partial charge in [0.05, 0.1) is 38.8 Å². The first-order chi connectivity index (χ1) is 23.6. The molecule has 50 heavy (non-hydrogen) atoms. The summed E-state index contributed by atoms with van der Waals surface area (Å²) in [6.45, 7) is 7.57. The second kappa shape index (κ2) is 13.8. The minimum atomic E-state index is -3.63. The standard InChI is InChI=1S/C38H40F2N2O5S3/c1-23(36(43)44)17-24-7-5-8-25(18-24)38(4)14-6-13-37(2,3)22-50(46,47)16-12-28-27-11-15-41-32(27)20-31(40)34(28)49(45)26-9-10-30(39)29(19-26)35-42-33(38)21-48-35/h5,7-11,15,18-21,23,41H,6,12-14,16-17,22H2,1-4H3,(H,43,44)/t23-,38+,49?/m0/s1. The number of thiazole rings is 1. The summed E-state index contributed by atoms with van der Waals surface area (Å²) >= 11 is 1.26. The Hall–Kier alpha value is -3.74. The lowest BCUT2D eigenvalue weighted by molar-refractivity contribution is -0.141. The molecule has 7 nitrogen and oxygen atoms in total. The van der Waals surface area contributed by atoms with Crippen molar-refractivity contribution in [2.24, 2.45) is 11.3 Å². The Morgan fingerprint density at radius 3 is 2.62 bits per heavy atom. The second-order valence-corrected chi connectivity index (χ2v) is 18.8. The molecule has 0 saturated heterocycles. The van der Waals surface area contributed by atoms with Crippen molar-refractivity contribution in [3.05, 3.63) is 100 Å². The molecule has 3 atom stereocenters. The van der Waals surface area contributed by atoms with Crippen LogP contribution in [0.4, 0.5) is 8.78 Å². The number of carboxylic acids is 1. The minimum absolute atomic E-state index is 0.0373. The number of benzene rings is 3. The molecule has 2 N–H and O–H groups in total. The van der Waals surface area contributed by atoms with Gasteiger partial charge in [-0.15, -0.1) is 11.3 Å². The fraction of sp³-hybridized carbons (Fsp3) is 0.368. The van der Waals surface area contributed by atoms with Gasteiger partial charge in [0, 0.05) is 38.4 Å². The Morgan fingerprint density at radius 2 is 1.86 bits per heavy atom. The highest BCUT2D eigenvalue weighted by Gasteiger charge is 2.35. The number of aliphatic carboxylic acids is 1. The molecule has 4 bridgehead atoms. The van der Waals surface area contributed by atoms with Gasteiger partial charge in [-0.05, 0) is 85.0 Å². The van der Waals surface area contributed by atoms with Crippen molar-refractivity contribution >= 4 is 48.8 Å². The molecule has 0 fully saturated rings. The fourth-order valence-corrected chi connectivity index (χ4v) is 11.3. The monoisotopic (exact) mass is 738 g/mol. The van der Waals surface area contributed by atoms with Gasteiger partial charge in [-0.1, -0.05) is 51.5 Å². The molecule has 1 unspecified atom stereocenters. The van der Waals surface area contributed by atoms with Crippen molar-refractivity contribution in [2.45, 2.75) is 75.0 Å². The number of H-pyrrole nitrogens is 1. The topological polar surface area (TPSA) is 117 Å². The molecule has 2 aromatic heterocycles. The van der Waals surface area contributed by atoms with E-state index in [1.807, 2.05) is 43.5 Å². The van der Waals surface area contributed by atoms with Gasteiger partial charge >= 0.3 is 5.97 Å². The third-order valence-electron chi connectivity index (χ3n) is 9.84. The zero-order valence-electron chi connectivity index (χ0n) is 28.4. The average Bonchev–Trinajstić information content (AvgIpc) is 3.73. The maximum absolute atomic E-state index is 15.8. The van der Waals surface area contributed by atoms with E-state index in [0.29, 0.717) is 52.9 Å². The molecule has 264 valence electrons. The lowest BCUT2D eigenvalue weighted by Gasteiger charge is -2.32. The van der Waals surface area contributed by atoms with Gasteiger partial charge in [0.15, 0.2) is 9.84 Å². The first kappa shape index (κ1) is 36.1. The van der Waals surface area contributed by atoms with Crippen molar-refractivity contribution in [3.8, 4) is 10.6 Å². The summed E-state index contributed by atoms with van der Waals surface area (Å²) in [7, 11) is -5.74. The summed E-state index contributed by atoms with van der Waals surface area (Å²) in [5.41, 5.74) is 2.15. The average molecular weight is 739 g/mol. The highest BCUT2D eigenvalue weighted by molar-refractivity contribution is 7.91. The van der Waals surface area contributed by atoms with Crippen LogP contribution in [-0.2, 0) is 43.7 Å². The molecule has 3 aromatic carbocycles. The third kappa shape index (κ3) is 7.34. The fourth-order valence-electron chi connectivity index (χ4n) is 7.04. The Balaban J connectivity index is 1.50. The molecule has 6 rings (SSSR count). The summed E-state index contributed by atoms with van der Waals surface area (Å²) in [5, 5.41) is 12.4. The van der Waals surface area contributed by atoms with Crippen molar-refractivity contribution in [1.82, 2.24) is 9.97 Å². The normalized spacial score (nSPS) is 21.5. The van der Waals surface area contributed by atoms with E-state index >= 15 is 8.78 Å². The predicted molar refractivity (Wildman–Crippen MR) is 194 cm³/mol. The summed E-state index contributed by atoms with van der Waals surface area (Å²) < 4.78 is 72.8. The highest BCUT2D eigenvalue weighted by Crippen LogP contribution is 2.42. The Morgan fingerprint density at radius 1 is 1.08 bits per heavy atom. The Labute approximate surface area is 297 Å². The number of fused-ring (bicyclic) bond motifs is 8. The number of aromatic amines is 1. The van der Waals surface area contributed by atoms with Crippen molar-refractivity contribution < 1.29 is 31.3 Å². The van der Waals surface area contributed by atoms with E-state index < -0.39 is 55.0 Å². The number of nitrogens with one attached hydrogen (secondary N) is 1. The maximum atomic E-state index is 15.8. The number of halogens is 2. The van der Waals surface area contributed by atoms with Crippen molar-refractivity contribution in [2.75, 3.05) is 11.5 Å². The molecule has 3 heterocycles. The van der Waals surface area contributed by atoms with Gasteiger partial charge in [0.25, 0.3) is 0 Å². The van der Waals surface area contributed by atoms with E-state index in [1.165, 1.54) is 35.6 Å². The first-order valence-electron chi connectivity index (χ1n) is 16.6. The van der Waals surface area contributed by atoms with Crippen LogP contribution in [0.3, 0.4) is 0 Å². The molecule has 1 aliphatic heterocycles. The highest BCUT2D eigenvalue weighted by atomic mass is 32.2. The van der Waals surface area contributed by atoms with E-state index in [1.54, 1.807) is 19.2 Å². The van der Waals surface area contributed by atoms with Crippen LogP contribution in [-0.4, -0.2) is 45.2 Å². The lowest BCUT2D eigenvalue weighted by Crippen LogP contribution is -2.29. The third-order valence-corrected chi connectivity index (χ3v) is 14.3. The smallest absolute Gasteiger partial charge is 0.306 e. The SMILES string of the molecule is C[C@@H](Cc1cccc([C@@]2(C)CCCC(C)(C)CS(=O)(=O)CCc3c(c(F)cc4[nH]ccc34)S(=O)c3ccc(F)c(c3)-c3nc2cs3)c1)C(=O)O. The molecular formula is C38H40F2N2O5S3. The molecule has 12 heteroatoms. The number of hydrogen-bond donors (Lipinski definition) is 2. The molecular weight excluding hydrogens is 699 g/mol. The van der Waals surface area contributed by atoms with Crippen LogP contribution in [0.2, 0.25) is 0 Å². The second-order valence-electron chi connectivity index (χ2n) is 14.4.